The van der Waals surface area contributed by atoms with Gasteiger partial charge in [-0.1, -0.05) is 19.1 Å². The van der Waals surface area contributed by atoms with Gasteiger partial charge in [0.2, 0.25) is 10.0 Å². The van der Waals surface area contributed by atoms with Crippen molar-refractivity contribution in [2.24, 2.45) is 0 Å². The van der Waals surface area contributed by atoms with Crippen molar-refractivity contribution in [2.45, 2.75) is 25.1 Å². The third kappa shape index (κ3) is 4.33. The van der Waals surface area contributed by atoms with E-state index in [0.717, 1.165) is 0 Å². The fourth-order valence-corrected chi connectivity index (χ4v) is 4.21. The lowest BCUT2D eigenvalue weighted by molar-refractivity contribution is -0.384. The van der Waals surface area contributed by atoms with Crippen molar-refractivity contribution in [3.8, 4) is 0 Å². The average molecular weight is 341 g/mol. The molecule has 0 bridgehead atoms. The van der Waals surface area contributed by atoms with E-state index >= 15 is 0 Å². The van der Waals surface area contributed by atoms with Gasteiger partial charge in [-0.05, 0) is 12.0 Å². The second-order valence-electron chi connectivity index (χ2n) is 4.64. The lowest BCUT2D eigenvalue weighted by Crippen LogP contribution is -2.29. The largest absolute Gasteiger partial charge is 0.269 e. The second kappa shape index (κ2) is 6.95. The van der Waals surface area contributed by atoms with Gasteiger partial charge in [-0.3, -0.25) is 10.1 Å². The molecule has 0 spiro atoms. The highest BCUT2D eigenvalue weighted by molar-refractivity contribution is 7.88. The quantitative estimate of drug-likeness (QED) is 0.616. The van der Waals surface area contributed by atoms with Crippen LogP contribution in [0.15, 0.2) is 35.8 Å². The molecule has 0 saturated heterocycles. The number of nitrogens with one attached hydrogen (secondary N) is 1. The topological polar surface area (TPSA) is 102 Å². The monoisotopic (exact) mass is 341 g/mol. The summed E-state index contributed by atoms with van der Waals surface area (Å²) in [6, 6.07) is 5.23. The zero-order valence-electron chi connectivity index (χ0n) is 11.8. The van der Waals surface area contributed by atoms with Gasteiger partial charge in [0.1, 0.15) is 5.01 Å². The predicted molar refractivity (Wildman–Crippen MR) is 84.0 cm³/mol. The molecule has 2 rings (SSSR count). The van der Waals surface area contributed by atoms with E-state index in [1.54, 1.807) is 17.6 Å². The smallest absolute Gasteiger partial charge is 0.258 e. The predicted octanol–water partition coefficient (Wildman–Crippen LogP) is 2.62. The van der Waals surface area contributed by atoms with E-state index in [2.05, 4.69) is 9.71 Å². The summed E-state index contributed by atoms with van der Waals surface area (Å²) in [6.07, 6.45) is 2.19. The Hall–Kier alpha value is -1.84. The van der Waals surface area contributed by atoms with Crippen LogP contribution in [0.3, 0.4) is 0 Å². The van der Waals surface area contributed by atoms with E-state index in [4.69, 9.17) is 0 Å². The van der Waals surface area contributed by atoms with E-state index in [-0.39, 0.29) is 17.5 Å². The highest BCUT2D eigenvalue weighted by atomic mass is 32.2. The van der Waals surface area contributed by atoms with Crippen LogP contribution in [-0.2, 0) is 15.8 Å². The number of nitro groups is 1. The van der Waals surface area contributed by atoms with E-state index in [1.165, 1.54) is 29.5 Å². The fourth-order valence-electron chi connectivity index (χ4n) is 1.95. The Labute approximate surface area is 132 Å². The van der Waals surface area contributed by atoms with Crippen LogP contribution in [0.2, 0.25) is 0 Å². The second-order valence-corrected chi connectivity index (χ2v) is 7.32. The van der Waals surface area contributed by atoms with Crippen molar-refractivity contribution in [2.75, 3.05) is 0 Å². The van der Waals surface area contributed by atoms with E-state index in [1.807, 2.05) is 6.92 Å². The number of nitro benzene ring substituents is 1. The highest BCUT2D eigenvalue weighted by Crippen LogP contribution is 2.21. The van der Waals surface area contributed by atoms with Crippen molar-refractivity contribution in [3.05, 3.63) is 56.5 Å². The lowest BCUT2D eigenvalue weighted by Gasteiger charge is -2.14. The van der Waals surface area contributed by atoms with Gasteiger partial charge in [-0.2, -0.15) is 0 Å². The van der Waals surface area contributed by atoms with Crippen LogP contribution in [0, 0.1) is 10.1 Å². The summed E-state index contributed by atoms with van der Waals surface area (Å²) in [7, 11) is -3.62. The molecule has 0 amide bonds. The van der Waals surface area contributed by atoms with Gasteiger partial charge in [0.25, 0.3) is 5.69 Å². The Balaban J connectivity index is 2.14. The Bertz CT molecular complexity index is 744. The zero-order valence-corrected chi connectivity index (χ0v) is 13.4. The molecule has 9 heteroatoms. The first kappa shape index (κ1) is 16.5. The summed E-state index contributed by atoms with van der Waals surface area (Å²) in [5, 5.41) is 13.2. The van der Waals surface area contributed by atoms with Crippen LogP contribution in [-0.4, -0.2) is 18.3 Å². The van der Waals surface area contributed by atoms with E-state index < -0.39 is 14.9 Å². The average Bonchev–Trinajstić information content (AvgIpc) is 2.98. The molecular weight excluding hydrogens is 326 g/mol. The summed E-state index contributed by atoms with van der Waals surface area (Å²) in [4.78, 5) is 14.3. The third-order valence-electron chi connectivity index (χ3n) is 2.96. The number of hydrogen-bond donors (Lipinski definition) is 1. The van der Waals surface area contributed by atoms with Crippen molar-refractivity contribution >= 4 is 27.0 Å². The number of hydrogen-bond acceptors (Lipinski definition) is 6. The molecule has 1 aromatic carbocycles. The fraction of sp³-hybridized carbons (Fsp3) is 0.308. The minimum Gasteiger partial charge on any atom is -0.258 e. The van der Waals surface area contributed by atoms with Crippen LogP contribution in [0.4, 0.5) is 5.69 Å². The SMILES string of the molecule is CCC(NS(=O)(=O)Cc1cccc([N+](=O)[O-])c1)c1nccs1. The summed E-state index contributed by atoms with van der Waals surface area (Å²) >= 11 is 1.38. The molecular formula is C13H15N3O4S2. The van der Waals surface area contributed by atoms with Crippen LogP contribution in [0.25, 0.3) is 0 Å². The molecule has 0 fully saturated rings. The van der Waals surface area contributed by atoms with Gasteiger partial charge in [0.05, 0.1) is 16.7 Å². The molecule has 118 valence electrons. The summed E-state index contributed by atoms with van der Waals surface area (Å²) < 4.78 is 27.1. The molecule has 0 aliphatic heterocycles. The Morgan fingerprint density at radius 1 is 1.45 bits per heavy atom. The molecule has 0 aliphatic carbocycles. The Morgan fingerprint density at radius 2 is 2.23 bits per heavy atom. The molecule has 0 radical (unpaired) electrons. The van der Waals surface area contributed by atoms with Crippen LogP contribution < -0.4 is 4.72 Å². The number of nitrogens with zero attached hydrogens (tertiary/aromatic N) is 2. The zero-order chi connectivity index (χ0) is 16.2. The van der Waals surface area contributed by atoms with Gasteiger partial charge >= 0.3 is 0 Å². The molecule has 0 saturated carbocycles. The summed E-state index contributed by atoms with van der Waals surface area (Å²) in [5.41, 5.74) is 0.246. The molecule has 0 aliphatic rings. The summed E-state index contributed by atoms with van der Waals surface area (Å²) in [5.74, 6) is -0.309. The molecule has 1 N–H and O–H groups in total. The maximum atomic E-state index is 12.2. The molecule has 2 aromatic rings. The Morgan fingerprint density at radius 3 is 2.82 bits per heavy atom. The van der Waals surface area contributed by atoms with Gasteiger partial charge in [-0.15, -0.1) is 11.3 Å². The van der Waals surface area contributed by atoms with Crippen molar-refractivity contribution in [3.63, 3.8) is 0 Å². The van der Waals surface area contributed by atoms with Crippen LogP contribution in [0.5, 0.6) is 0 Å². The molecule has 22 heavy (non-hydrogen) atoms. The van der Waals surface area contributed by atoms with Gasteiger partial charge in [0, 0.05) is 23.7 Å². The number of aromatic nitrogens is 1. The minimum atomic E-state index is -3.62. The van der Waals surface area contributed by atoms with Gasteiger partial charge in [-0.25, -0.2) is 18.1 Å². The number of thiazole rings is 1. The summed E-state index contributed by atoms with van der Waals surface area (Å²) in [6.45, 7) is 1.86. The standard InChI is InChI=1S/C13H15N3O4S2/c1-2-12(13-14-6-7-21-13)15-22(19,20)9-10-4-3-5-11(8-10)16(17)18/h3-8,12,15H,2,9H2,1H3. The molecule has 7 nitrogen and oxygen atoms in total. The van der Waals surface area contributed by atoms with Gasteiger partial charge < -0.3 is 0 Å². The minimum absolute atomic E-state index is 0.125. The highest BCUT2D eigenvalue weighted by Gasteiger charge is 2.21. The van der Waals surface area contributed by atoms with Crippen molar-refractivity contribution < 1.29 is 13.3 Å². The van der Waals surface area contributed by atoms with Crippen molar-refractivity contribution in [1.82, 2.24) is 9.71 Å². The van der Waals surface area contributed by atoms with Crippen LogP contribution in [0.1, 0.15) is 30.0 Å². The normalized spacial score (nSPS) is 13.0. The maximum absolute atomic E-state index is 12.2. The van der Waals surface area contributed by atoms with E-state index in [9.17, 15) is 18.5 Å². The van der Waals surface area contributed by atoms with Crippen LogP contribution >= 0.6 is 11.3 Å². The van der Waals surface area contributed by atoms with Gasteiger partial charge in [0.15, 0.2) is 0 Å². The third-order valence-corrected chi connectivity index (χ3v) is 5.20. The molecule has 1 unspecified atom stereocenters. The first-order valence-corrected chi connectivity index (χ1v) is 9.07. The molecule has 1 aromatic heterocycles. The molecule has 1 heterocycles. The number of rotatable bonds is 7. The Kier molecular flexibility index (Phi) is 5.22. The first-order valence-electron chi connectivity index (χ1n) is 6.54. The van der Waals surface area contributed by atoms with Crippen molar-refractivity contribution in [1.29, 1.82) is 0 Å². The molecule has 1 atom stereocenters. The maximum Gasteiger partial charge on any atom is 0.269 e. The number of benzene rings is 1. The number of sulfonamides is 1. The van der Waals surface area contributed by atoms with E-state index in [0.29, 0.717) is 17.0 Å². The number of non-ortho nitro benzene ring substituents is 1. The lowest BCUT2D eigenvalue weighted by atomic mass is 10.2. The first-order chi connectivity index (χ1) is 10.4.